The molecule has 0 aliphatic carbocycles. The van der Waals surface area contributed by atoms with Crippen LogP contribution in [0.1, 0.15) is 24.5 Å². The van der Waals surface area contributed by atoms with Crippen LogP contribution in [0.5, 0.6) is 5.75 Å². The van der Waals surface area contributed by atoms with Gasteiger partial charge in [-0.1, -0.05) is 61.7 Å². The van der Waals surface area contributed by atoms with E-state index in [9.17, 15) is 18.0 Å². The van der Waals surface area contributed by atoms with Crippen LogP contribution in [0.4, 0.5) is 13.2 Å². The Labute approximate surface area is 238 Å². The number of hydrogen-bond acceptors (Lipinski definition) is 5. The van der Waals surface area contributed by atoms with Gasteiger partial charge in [0.05, 0.1) is 5.70 Å². The summed E-state index contributed by atoms with van der Waals surface area (Å²) < 4.78 is 37.0. The standard InChI is InChI=1S/C22H25NO3S2.C6H8.C2H3F3/c1-16-13-18(11-9-17(16)10-12-22(24)25)26-14-21(27-3)20(23-2)15-28-19-7-5-4-6-8-19;1-3-5-6-4-2;1-2(3,4)5/h4-9,11,13H,2,10,12,14-15H2,1,3H3,(H,24,25);3-6H,1-2H2;1H3/b21-20-;6-5-;. The molecule has 0 atom stereocenters. The molecule has 2 rings (SSSR count). The monoisotopic (exact) mass is 579 g/mol. The Hall–Kier alpha value is -3.17. The van der Waals surface area contributed by atoms with Crippen molar-refractivity contribution < 1.29 is 27.8 Å². The molecular formula is C30H36F3NO3S2. The molecule has 4 nitrogen and oxygen atoms in total. The Morgan fingerprint density at radius 1 is 1.10 bits per heavy atom. The van der Waals surface area contributed by atoms with E-state index in [2.05, 4.69) is 37.0 Å². The Morgan fingerprint density at radius 3 is 2.15 bits per heavy atom. The summed E-state index contributed by atoms with van der Waals surface area (Å²) in [5.74, 6) is 0.717. The van der Waals surface area contributed by atoms with E-state index in [0.29, 0.717) is 13.0 Å². The molecule has 212 valence electrons. The van der Waals surface area contributed by atoms with E-state index in [1.807, 2.05) is 61.7 Å². The number of aliphatic carboxylic acids is 1. The van der Waals surface area contributed by atoms with Crippen LogP contribution in [-0.2, 0) is 11.2 Å². The maximum absolute atomic E-state index is 10.7. The second-order valence-electron chi connectivity index (χ2n) is 7.74. The van der Waals surface area contributed by atoms with E-state index in [4.69, 9.17) is 9.84 Å². The maximum Gasteiger partial charge on any atom is 0.386 e. The minimum Gasteiger partial charge on any atom is -0.488 e. The lowest BCUT2D eigenvalue weighted by molar-refractivity contribution is -0.137. The first-order valence-corrected chi connectivity index (χ1v) is 14.0. The summed E-state index contributed by atoms with van der Waals surface area (Å²) in [5.41, 5.74) is 2.99. The number of hydrogen-bond donors (Lipinski definition) is 1. The summed E-state index contributed by atoms with van der Waals surface area (Å²) in [5, 5.41) is 8.84. The fourth-order valence-corrected chi connectivity index (χ4v) is 4.29. The van der Waals surface area contributed by atoms with Crippen LogP contribution >= 0.6 is 23.5 Å². The van der Waals surface area contributed by atoms with Crippen molar-refractivity contribution in [2.24, 2.45) is 4.99 Å². The highest BCUT2D eigenvalue weighted by Gasteiger charge is 2.15. The van der Waals surface area contributed by atoms with Gasteiger partial charge in [0.2, 0.25) is 0 Å². The van der Waals surface area contributed by atoms with Gasteiger partial charge < -0.3 is 9.84 Å². The van der Waals surface area contributed by atoms with E-state index >= 15 is 0 Å². The zero-order valence-electron chi connectivity index (χ0n) is 22.5. The van der Waals surface area contributed by atoms with E-state index in [-0.39, 0.29) is 13.3 Å². The van der Waals surface area contributed by atoms with Crippen molar-refractivity contribution in [2.75, 3.05) is 18.6 Å². The number of halogens is 3. The van der Waals surface area contributed by atoms with Gasteiger partial charge in [-0.15, -0.1) is 23.5 Å². The lowest BCUT2D eigenvalue weighted by Crippen LogP contribution is -2.04. The number of allylic oxidation sites excluding steroid dienone is 4. The average Bonchev–Trinajstić information content (AvgIpc) is 2.88. The predicted molar refractivity (Wildman–Crippen MR) is 161 cm³/mol. The highest BCUT2D eigenvalue weighted by molar-refractivity contribution is 8.02. The number of carbonyl (C=O) groups is 1. The molecule has 9 heteroatoms. The van der Waals surface area contributed by atoms with Crippen molar-refractivity contribution in [2.45, 2.75) is 37.8 Å². The number of rotatable bonds is 13. The minimum absolute atomic E-state index is 0.133. The fraction of sp³-hybridized carbons (Fsp3) is 0.267. The number of carboxylic acid groups (broad SMARTS) is 1. The molecule has 0 aromatic heterocycles. The SMILES string of the molecule is C=C/C=C\C=C.C=N/C(CSc1ccccc1)=C(/COc1ccc(CCC(=O)O)c(C)c1)SC.CC(F)(F)F. The van der Waals surface area contributed by atoms with Gasteiger partial charge in [0, 0.05) is 28.9 Å². The Kier molecular flexibility index (Phi) is 19.1. The Balaban J connectivity index is 0.00000110. The molecule has 0 aliphatic rings. The molecule has 0 spiro atoms. The van der Waals surface area contributed by atoms with E-state index in [0.717, 1.165) is 33.2 Å². The average molecular weight is 580 g/mol. The summed E-state index contributed by atoms with van der Waals surface area (Å²) >= 11 is 3.34. The molecule has 0 unspecified atom stereocenters. The normalized spacial score (nSPS) is 11.2. The van der Waals surface area contributed by atoms with E-state index < -0.39 is 12.1 Å². The van der Waals surface area contributed by atoms with Gasteiger partial charge in [0.15, 0.2) is 0 Å². The van der Waals surface area contributed by atoms with Crippen molar-refractivity contribution in [1.29, 1.82) is 0 Å². The second kappa shape index (κ2) is 20.7. The van der Waals surface area contributed by atoms with Gasteiger partial charge in [0.25, 0.3) is 0 Å². The van der Waals surface area contributed by atoms with Crippen LogP contribution in [0.15, 0.2) is 106 Å². The van der Waals surface area contributed by atoms with Gasteiger partial charge in [-0.3, -0.25) is 9.79 Å². The third kappa shape index (κ3) is 19.5. The van der Waals surface area contributed by atoms with Crippen LogP contribution < -0.4 is 4.74 Å². The first-order valence-electron chi connectivity index (χ1n) is 11.8. The number of benzene rings is 2. The number of nitrogens with zero attached hydrogens (tertiary/aromatic N) is 1. The van der Waals surface area contributed by atoms with Gasteiger partial charge in [-0.05, 0) is 61.7 Å². The number of aryl methyl sites for hydroxylation is 2. The van der Waals surface area contributed by atoms with Crippen molar-refractivity contribution in [3.63, 3.8) is 0 Å². The summed E-state index contributed by atoms with van der Waals surface area (Å²) in [6.07, 6.45) is 5.74. The highest BCUT2D eigenvalue weighted by atomic mass is 32.2. The molecule has 39 heavy (non-hydrogen) atoms. The molecule has 0 aliphatic heterocycles. The van der Waals surface area contributed by atoms with Crippen molar-refractivity contribution in [1.82, 2.24) is 0 Å². The molecule has 1 N–H and O–H groups in total. The maximum atomic E-state index is 10.7. The predicted octanol–water partition coefficient (Wildman–Crippen LogP) is 8.94. The van der Waals surface area contributed by atoms with E-state index in [1.54, 1.807) is 35.7 Å². The summed E-state index contributed by atoms with van der Waals surface area (Å²) in [4.78, 5) is 17.2. The largest absolute Gasteiger partial charge is 0.488 e. The lowest BCUT2D eigenvalue weighted by Gasteiger charge is -2.13. The number of aliphatic imine (C=N–C) groups is 1. The summed E-state index contributed by atoms with van der Waals surface area (Å²) in [6, 6.07) is 16.0. The molecule has 0 radical (unpaired) electrons. The number of alkyl halides is 3. The van der Waals surface area contributed by atoms with Crippen molar-refractivity contribution in [3.05, 3.63) is 108 Å². The van der Waals surface area contributed by atoms with Crippen LogP contribution in [-0.4, -0.2) is 42.6 Å². The van der Waals surface area contributed by atoms with Gasteiger partial charge in [-0.2, -0.15) is 13.2 Å². The lowest BCUT2D eigenvalue weighted by atomic mass is 10.0. The first-order chi connectivity index (χ1) is 18.4. The molecule has 0 saturated carbocycles. The van der Waals surface area contributed by atoms with Crippen LogP contribution in [0.3, 0.4) is 0 Å². The molecule has 2 aromatic carbocycles. The zero-order valence-corrected chi connectivity index (χ0v) is 24.2. The summed E-state index contributed by atoms with van der Waals surface area (Å²) in [6.45, 7) is 13.2. The number of carboxylic acids is 1. The number of thioether (sulfide) groups is 2. The molecule has 0 bridgehead atoms. The molecule has 0 saturated heterocycles. The Morgan fingerprint density at radius 2 is 1.69 bits per heavy atom. The van der Waals surface area contributed by atoms with Crippen LogP contribution in [0, 0.1) is 6.92 Å². The minimum atomic E-state index is -4.00. The van der Waals surface area contributed by atoms with Gasteiger partial charge in [0.1, 0.15) is 12.4 Å². The molecule has 2 aromatic rings. The fourth-order valence-electron chi connectivity index (χ4n) is 2.73. The van der Waals surface area contributed by atoms with Crippen molar-refractivity contribution >= 4 is 36.2 Å². The van der Waals surface area contributed by atoms with Gasteiger partial charge in [-0.25, -0.2) is 0 Å². The number of ether oxygens (including phenoxy) is 1. The van der Waals surface area contributed by atoms with Crippen LogP contribution in [0.25, 0.3) is 0 Å². The first kappa shape index (κ1) is 35.8. The molecule has 0 fully saturated rings. The molecular weight excluding hydrogens is 543 g/mol. The second-order valence-corrected chi connectivity index (χ2v) is 9.69. The Bertz CT molecular complexity index is 1080. The third-order valence-corrected chi connectivity index (χ3v) is 6.42. The van der Waals surface area contributed by atoms with Crippen molar-refractivity contribution in [3.8, 4) is 5.75 Å². The van der Waals surface area contributed by atoms with E-state index in [1.165, 1.54) is 4.90 Å². The van der Waals surface area contributed by atoms with Gasteiger partial charge >= 0.3 is 12.1 Å². The molecule has 0 amide bonds. The zero-order chi connectivity index (χ0) is 29.7. The smallest absolute Gasteiger partial charge is 0.386 e. The topological polar surface area (TPSA) is 58.9 Å². The summed E-state index contributed by atoms with van der Waals surface area (Å²) in [7, 11) is 0. The third-order valence-electron chi connectivity index (χ3n) is 4.55. The quantitative estimate of drug-likeness (QED) is 0.146. The van der Waals surface area contributed by atoms with Crippen LogP contribution in [0.2, 0.25) is 0 Å². The molecule has 0 heterocycles. The highest BCUT2D eigenvalue weighted by Crippen LogP contribution is 2.27.